The van der Waals surface area contributed by atoms with E-state index < -0.39 is 0 Å². The van der Waals surface area contributed by atoms with Gasteiger partial charge < -0.3 is 20.2 Å². The Kier molecular flexibility index (Phi) is 6.08. The molecule has 0 fully saturated rings. The number of aliphatic hydroxyl groups is 1. The van der Waals surface area contributed by atoms with Crippen LogP contribution in [0, 0.1) is 0 Å². The van der Waals surface area contributed by atoms with E-state index in [0.29, 0.717) is 18.1 Å². The summed E-state index contributed by atoms with van der Waals surface area (Å²) in [6.07, 6.45) is 0. The molecule has 0 atom stereocenters. The third-order valence-electron chi connectivity index (χ3n) is 2.87. The molecule has 1 aromatic carbocycles. The summed E-state index contributed by atoms with van der Waals surface area (Å²) in [5, 5.41) is 15.7. The fourth-order valence-corrected chi connectivity index (χ4v) is 2.10. The summed E-state index contributed by atoms with van der Waals surface area (Å²) in [6, 6.07) is 11.5. The summed E-state index contributed by atoms with van der Waals surface area (Å²) in [5.74, 6) is 1.66. The molecule has 0 aliphatic heterocycles. The molecular formula is C15H19ClN2O2. The first-order valence-electron chi connectivity index (χ1n) is 6.67. The molecule has 3 N–H and O–H groups in total. The Hall–Kier alpha value is -1.33. The predicted molar refractivity (Wildman–Crippen MR) is 80.8 cm³/mol. The van der Waals surface area contributed by atoms with Crippen molar-refractivity contribution in [3.05, 3.63) is 47.2 Å². The van der Waals surface area contributed by atoms with Gasteiger partial charge in [0.15, 0.2) is 0 Å². The van der Waals surface area contributed by atoms with Gasteiger partial charge >= 0.3 is 0 Å². The molecule has 2 aromatic rings. The van der Waals surface area contributed by atoms with Crippen LogP contribution in [0.5, 0.6) is 0 Å². The van der Waals surface area contributed by atoms with Crippen molar-refractivity contribution in [2.24, 2.45) is 0 Å². The van der Waals surface area contributed by atoms with Gasteiger partial charge in [0.25, 0.3) is 0 Å². The van der Waals surface area contributed by atoms with Gasteiger partial charge in [-0.3, -0.25) is 0 Å². The average molecular weight is 295 g/mol. The molecule has 2 rings (SSSR count). The van der Waals surface area contributed by atoms with E-state index in [0.717, 1.165) is 30.2 Å². The monoisotopic (exact) mass is 294 g/mol. The molecule has 0 unspecified atom stereocenters. The Morgan fingerprint density at radius 2 is 1.80 bits per heavy atom. The van der Waals surface area contributed by atoms with Crippen LogP contribution in [-0.4, -0.2) is 31.3 Å². The van der Waals surface area contributed by atoms with Crippen LogP contribution >= 0.6 is 11.6 Å². The van der Waals surface area contributed by atoms with Crippen molar-refractivity contribution in [2.75, 3.05) is 26.2 Å². The molecule has 20 heavy (non-hydrogen) atoms. The van der Waals surface area contributed by atoms with Gasteiger partial charge in [0.2, 0.25) is 0 Å². The lowest BCUT2D eigenvalue weighted by atomic mass is 10.2. The van der Waals surface area contributed by atoms with Crippen molar-refractivity contribution in [1.29, 1.82) is 0 Å². The lowest BCUT2D eigenvalue weighted by Gasteiger charge is -2.04. The van der Waals surface area contributed by atoms with Crippen LogP contribution in [-0.2, 0) is 6.54 Å². The van der Waals surface area contributed by atoms with Crippen LogP contribution in [0.2, 0.25) is 5.02 Å². The zero-order valence-electron chi connectivity index (χ0n) is 11.2. The molecule has 0 radical (unpaired) electrons. The number of aliphatic hydroxyl groups excluding tert-OH is 1. The third kappa shape index (κ3) is 4.35. The summed E-state index contributed by atoms with van der Waals surface area (Å²) in [4.78, 5) is 0. The number of rotatable bonds is 8. The third-order valence-corrected chi connectivity index (χ3v) is 3.20. The van der Waals surface area contributed by atoms with Crippen LogP contribution in [0.3, 0.4) is 0 Å². The van der Waals surface area contributed by atoms with Gasteiger partial charge in [-0.25, -0.2) is 0 Å². The molecule has 0 spiro atoms. The first-order chi connectivity index (χ1) is 9.81. The summed E-state index contributed by atoms with van der Waals surface area (Å²) < 4.78 is 5.77. The van der Waals surface area contributed by atoms with Crippen LogP contribution < -0.4 is 10.6 Å². The summed E-state index contributed by atoms with van der Waals surface area (Å²) >= 11 is 6.14. The zero-order valence-corrected chi connectivity index (χ0v) is 12.0. The van der Waals surface area contributed by atoms with Crippen molar-refractivity contribution >= 4 is 11.6 Å². The lowest BCUT2D eigenvalue weighted by molar-refractivity contribution is 0.292. The summed E-state index contributed by atoms with van der Waals surface area (Å²) in [6.45, 7) is 3.10. The molecule has 5 heteroatoms. The van der Waals surface area contributed by atoms with Gasteiger partial charge in [0, 0.05) is 25.2 Å². The van der Waals surface area contributed by atoms with Gasteiger partial charge in [-0.2, -0.15) is 0 Å². The normalized spacial score (nSPS) is 10.9. The van der Waals surface area contributed by atoms with Gasteiger partial charge in [-0.05, 0) is 24.3 Å². The molecule has 0 bridgehead atoms. The minimum absolute atomic E-state index is 0.166. The van der Waals surface area contributed by atoms with Crippen LogP contribution in [0.15, 0.2) is 40.8 Å². The SMILES string of the molecule is OCCNCCNCc1ccc(-c2ccccc2Cl)o1. The maximum Gasteiger partial charge on any atom is 0.135 e. The van der Waals surface area contributed by atoms with Crippen LogP contribution in [0.1, 0.15) is 5.76 Å². The molecule has 4 nitrogen and oxygen atoms in total. The number of nitrogens with one attached hydrogen (secondary N) is 2. The second-order valence-corrected chi connectivity index (χ2v) is 4.80. The van der Waals surface area contributed by atoms with Gasteiger partial charge in [-0.15, -0.1) is 0 Å². The average Bonchev–Trinajstić information content (AvgIpc) is 2.92. The molecule has 1 heterocycles. The summed E-state index contributed by atoms with van der Waals surface area (Å²) in [5.41, 5.74) is 0.907. The van der Waals surface area contributed by atoms with E-state index in [-0.39, 0.29) is 6.61 Å². The van der Waals surface area contributed by atoms with E-state index in [1.807, 2.05) is 36.4 Å². The first kappa shape index (κ1) is 15.1. The zero-order chi connectivity index (χ0) is 14.2. The molecule has 1 aromatic heterocycles. The maximum atomic E-state index is 8.63. The molecule has 108 valence electrons. The molecule has 0 saturated heterocycles. The second kappa shape index (κ2) is 8.07. The van der Waals surface area contributed by atoms with Crippen molar-refractivity contribution in [3.63, 3.8) is 0 Å². The van der Waals surface area contributed by atoms with E-state index in [4.69, 9.17) is 21.1 Å². The number of hydrogen-bond donors (Lipinski definition) is 3. The smallest absolute Gasteiger partial charge is 0.135 e. The second-order valence-electron chi connectivity index (χ2n) is 4.40. The Morgan fingerprint density at radius 3 is 2.60 bits per heavy atom. The highest BCUT2D eigenvalue weighted by Crippen LogP contribution is 2.28. The van der Waals surface area contributed by atoms with E-state index in [1.165, 1.54) is 0 Å². The van der Waals surface area contributed by atoms with Crippen molar-refractivity contribution in [2.45, 2.75) is 6.54 Å². The minimum Gasteiger partial charge on any atom is -0.460 e. The van der Waals surface area contributed by atoms with Gasteiger partial charge in [-0.1, -0.05) is 23.7 Å². The maximum absolute atomic E-state index is 8.63. The highest BCUT2D eigenvalue weighted by molar-refractivity contribution is 6.33. The van der Waals surface area contributed by atoms with Crippen molar-refractivity contribution < 1.29 is 9.52 Å². The number of halogens is 1. The highest BCUT2D eigenvalue weighted by atomic mass is 35.5. The Labute approximate surface area is 123 Å². The fraction of sp³-hybridized carbons (Fsp3) is 0.333. The standard InChI is InChI=1S/C15H19ClN2O2/c16-14-4-2-1-3-13(14)15-6-5-12(20-15)11-18-8-7-17-9-10-19/h1-6,17-19H,7-11H2. The lowest BCUT2D eigenvalue weighted by Crippen LogP contribution is -2.28. The molecule has 0 aliphatic carbocycles. The quantitative estimate of drug-likeness (QED) is 0.654. The van der Waals surface area contributed by atoms with E-state index >= 15 is 0 Å². The van der Waals surface area contributed by atoms with E-state index in [2.05, 4.69) is 10.6 Å². The molecule has 0 aliphatic rings. The Morgan fingerprint density at radius 1 is 1.00 bits per heavy atom. The van der Waals surface area contributed by atoms with Gasteiger partial charge in [0.1, 0.15) is 11.5 Å². The number of furan rings is 1. The minimum atomic E-state index is 0.166. The highest BCUT2D eigenvalue weighted by Gasteiger charge is 2.07. The molecule has 0 amide bonds. The first-order valence-corrected chi connectivity index (χ1v) is 7.05. The van der Waals surface area contributed by atoms with Crippen LogP contribution in [0.25, 0.3) is 11.3 Å². The number of hydrogen-bond acceptors (Lipinski definition) is 4. The van der Waals surface area contributed by atoms with Crippen molar-refractivity contribution in [1.82, 2.24) is 10.6 Å². The van der Waals surface area contributed by atoms with E-state index in [1.54, 1.807) is 0 Å². The molecule has 0 saturated carbocycles. The number of benzene rings is 1. The van der Waals surface area contributed by atoms with Crippen molar-refractivity contribution in [3.8, 4) is 11.3 Å². The topological polar surface area (TPSA) is 57.4 Å². The fourth-order valence-electron chi connectivity index (χ4n) is 1.87. The van der Waals surface area contributed by atoms with Gasteiger partial charge in [0.05, 0.1) is 18.2 Å². The molecular weight excluding hydrogens is 276 g/mol. The Bertz CT molecular complexity index is 528. The van der Waals surface area contributed by atoms with Crippen LogP contribution in [0.4, 0.5) is 0 Å². The summed E-state index contributed by atoms with van der Waals surface area (Å²) in [7, 11) is 0. The predicted octanol–water partition coefficient (Wildman–Crippen LogP) is 2.27. The largest absolute Gasteiger partial charge is 0.460 e. The van der Waals surface area contributed by atoms with E-state index in [9.17, 15) is 0 Å². The Balaban J connectivity index is 1.82.